The first kappa shape index (κ1) is 14.0. The SMILES string of the molecule is Cc1nc2ccc(CCNC(CO)CCO)cc2[nH]1. The van der Waals surface area contributed by atoms with Gasteiger partial charge in [0, 0.05) is 12.6 Å². The van der Waals surface area contributed by atoms with Crippen molar-refractivity contribution in [2.45, 2.75) is 25.8 Å². The summed E-state index contributed by atoms with van der Waals surface area (Å²) in [7, 11) is 0. The molecule has 2 rings (SSSR count). The van der Waals surface area contributed by atoms with Crippen LogP contribution < -0.4 is 5.32 Å². The summed E-state index contributed by atoms with van der Waals surface area (Å²) in [6.45, 7) is 2.88. The van der Waals surface area contributed by atoms with Crippen molar-refractivity contribution in [1.29, 1.82) is 0 Å². The lowest BCUT2D eigenvalue weighted by atomic mass is 10.1. The fourth-order valence-corrected chi connectivity index (χ4v) is 2.17. The van der Waals surface area contributed by atoms with Crippen LogP contribution in [0.15, 0.2) is 18.2 Å². The van der Waals surface area contributed by atoms with E-state index in [1.165, 1.54) is 5.56 Å². The molecule has 1 aromatic carbocycles. The van der Waals surface area contributed by atoms with Gasteiger partial charge in [0.15, 0.2) is 0 Å². The van der Waals surface area contributed by atoms with Gasteiger partial charge < -0.3 is 20.5 Å². The number of nitrogens with zero attached hydrogens (tertiary/aromatic N) is 1. The van der Waals surface area contributed by atoms with Crippen molar-refractivity contribution in [1.82, 2.24) is 15.3 Å². The molecule has 0 saturated carbocycles. The smallest absolute Gasteiger partial charge is 0.104 e. The summed E-state index contributed by atoms with van der Waals surface area (Å²) in [4.78, 5) is 7.59. The lowest BCUT2D eigenvalue weighted by molar-refractivity contribution is 0.201. The number of benzene rings is 1. The van der Waals surface area contributed by atoms with Crippen LogP contribution in [0.3, 0.4) is 0 Å². The molecule has 104 valence electrons. The molecule has 1 aromatic heterocycles. The Morgan fingerprint density at radius 1 is 1.37 bits per heavy atom. The minimum atomic E-state index is -0.0249. The molecule has 0 saturated heterocycles. The molecule has 0 fully saturated rings. The van der Waals surface area contributed by atoms with Crippen LogP contribution in [0.5, 0.6) is 0 Å². The normalized spacial score (nSPS) is 13.0. The standard InChI is InChI=1S/C14H21N3O2/c1-10-16-13-3-2-11(8-14(13)17-10)4-6-15-12(9-19)5-7-18/h2-3,8,12,15,18-19H,4-7,9H2,1H3,(H,16,17). The maximum Gasteiger partial charge on any atom is 0.104 e. The van der Waals surface area contributed by atoms with Crippen molar-refractivity contribution in [3.05, 3.63) is 29.6 Å². The molecule has 4 N–H and O–H groups in total. The number of aliphatic hydroxyl groups is 2. The summed E-state index contributed by atoms with van der Waals surface area (Å²) < 4.78 is 0. The summed E-state index contributed by atoms with van der Waals surface area (Å²) >= 11 is 0. The van der Waals surface area contributed by atoms with Crippen LogP contribution in [0.2, 0.25) is 0 Å². The van der Waals surface area contributed by atoms with Gasteiger partial charge in [-0.2, -0.15) is 0 Å². The first-order chi connectivity index (χ1) is 9.22. The van der Waals surface area contributed by atoms with Crippen LogP contribution in [0.25, 0.3) is 11.0 Å². The molecule has 19 heavy (non-hydrogen) atoms. The second kappa shape index (κ2) is 6.65. The van der Waals surface area contributed by atoms with Gasteiger partial charge in [-0.05, 0) is 44.0 Å². The maximum atomic E-state index is 9.11. The van der Waals surface area contributed by atoms with Crippen molar-refractivity contribution < 1.29 is 10.2 Å². The van der Waals surface area contributed by atoms with Crippen LogP contribution in [-0.2, 0) is 6.42 Å². The zero-order valence-electron chi connectivity index (χ0n) is 11.2. The number of rotatable bonds is 7. The Hall–Kier alpha value is -1.43. The summed E-state index contributed by atoms with van der Waals surface area (Å²) in [6.07, 6.45) is 1.46. The summed E-state index contributed by atoms with van der Waals surface area (Å²) in [6, 6.07) is 6.18. The van der Waals surface area contributed by atoms with Crippen LogP contribution in [0.1, 0.15) is 17.8 Å². The van der Waals surface area contributed by atoms with Gasteiger partial charge in [0.05, 0.1) is 17.6 Å². The number of aryl methyl sites for hydroxylation is 1. The first-order valence-corrected chi connectivity index (χ1v) is 6.63. The minimum absolute atomic E-state index is 0.0249. The minimum Gasteiger partial charge on any atom is -0.396 e. The lowest BCUT2D eigenvalue weighted by Gasteiger charge is -2.14. The molecule has 5 heteroatoms. The van der Waals surface area contributed by atoms with Crippen molar-refractivity contribution in [3.63, 3.8) is 0 Å². The van der Waals surface area contributed by atoms with Crippen LogP contribution >= 0.6 is 0 Å². The molecule has 5 nitrogen and oxygen atoms in total. The largest absolute Gasteiger partial charge is 0.396 e. The van der Waals surface area contributed by atoms with Gasteiger partial charge in [-0.25, -0.2) is 4.98 Å². The number of aromatic amines is 1. The highest BCUT2D eigenvalue weighted by molar-refractivity contribution is 5.75. The van der Waals surface area contributed by atoms with E-state index in [1.54, 1.807) is 0 Å². The Morgan fingerprint density at radius 3 is 2.95 bits per heavy atom. The van der Waals surface area contributed by atoms with E-state index in [2.05, 4.69) is 27.4 Å². The van der Waals surface area contributed by atoms with Crippen LogP contribution in [0.4, 0.5) is 0 Å². The molecule has 0 aliphatic rings. The molecule has 1 heterocycles. The molecule has 1 atom stereocenters. The number of fused-ring (bicyclic) bond motifs is 1. The fraction of sp³-hybridized carbons (Fsp3) is 0.500. The third kappa shape index (κ3) is 3.76. The van der Waals surface area contributed by atoms with Crippen molar-refractivity contribution in [2.24, 2.45) is 0 Å². The lowest BCUT2D eigenvalue weighted by Crippen LogP contribution is -2.34. The first-order valence-electron chi connectivity index (χ1n) is 6.63. The van der Waals surface area contributed by atoms with Gasteiger partial charge >= 0.3 is 0 Å². The van der Waals surface area contributed by atoms with Crippen LogP contribution in [-0.4, -0.2) is 46.0 Å². The molecule has 0 amide bonds. The fourth-order valence-electron chi connectivity index (χ4n) is 2.17. The van der Waals surface area contributed by atoms with E-state index < -0.39 is 0 Å². The monoisotopic (exact) mass is 263 g/mol. The van der Waals surface area contributed by atoms with E-state index in [4.69, 9.17) is 10.2 Å². The number of H-pyrrole nitrogens is 1. The third-order valence-electron chi connectivity index (χ3n) is 3.21. The average Bonchev–Trinajstić information content (AvgIpc) is 2.77. The molecule has 0 aliphatic carbocycles. The van der Waals surface area contributed by atoms with E-state index >= 15 is 0 Å². The maximum absolute atomic E-state index is 9.11. The Bertz CT molecular complexity index is 524. The van der Waals surface area contributed by atoms with E-state index in [0.717, 1.165) is 29.8 Å². The molecule has 0 spiro atoms. The summed E-state index contributed by atoms with van der Waals surface area (Å²) in [5.74, 6) is 0.925. The van der Waals surface area contributed by atoms with E-state index in [-0.39, 0.29) is 19.3 Å². The number of nitrogens with one attached hydrogen (secondary N) is 2. The zero-order valence-corrected chi connectivity index (χ0v) is 11.2. The van der Waals surface area contributed by atoms with Crippen molar-refractivity contribution >= 4 is 11.0 Å². The number of hydrogen-bond donors (Lipinski definition) is 4. The van der Waals surface area contributed by atoms with Gasteiger partial charge in [0.1, 0.15) is 5.82 Å². The zero-order chi connectivity index (χ0) is 13.7. The Morgan fingerprint density at radius 2 is 2.21 bits per heavy atom. The predicted molar refractivity (Wildman–Crippen MR) is 75.1 cm³/mol. The summed E-state index contributed by atoms with van der Waals surface area (Å²) in [5, 5.41) is 21.2. The van der Waals surface area contributed by atoms with Crippen LogP contribution in [0, 0.1) is 6.92 Å². The van der Waals surface area contributed by atoms with Gasteiger partial charge in [-0.3, -0.25) is 0 Å². The highest BCUT2D eigenvalue weighted by Crippen LogP contribution is 2.13. The number of imidazole rings is 1. The third-order valence-corrected chi connectivity index (χ3v) is 3.21. The molecule has 1 unspecified atom stereocenters. The molecule has 2 aromatic rings. The molecular weight excluding hydrogens is 242 g/mol. The van der Waals surface area contributed by atoms with E-state index in [9.17, 15) is 0 Å². The number of aromatic nitrogens is 2. The molecule has 0 aliphatic heterocycles. The predicted octanol–water partition coefficient (Wildman–Crippen LogP) is 0.747. The van der Waals surface area contributed by atoms with E-state index in [1.807, 2.05) is 13.0 Å². The average molecular weight is 263 g/mol. The highest BCUT2D eigenvalue weighted by atomic mass is 16.3. The topological polar surface area (TPSA) is 81.2 Å². The van der Waals surface area contributed by atoms with Gasteiger partial charge in [0.25, 0.3) is 0 Å². The van der Waals surface area contributed by atoms with Gasteiger partial charge in [-0.1, -0.05) is 6.07 Å². The Kier molecular flexibility index (Phi) is 4.90. The molecule has 0 bridgehead atoms. The highest BCUT2D eigenvalue weighted by Gasteiger charge is 2.06. The van der Waals surface area contributed by atoms with Crippen molar-refractivity contribution in [2.75, 3.05) is 19.8 Å². The quantitative estimate of drug-likeness (QED) is 0.594. The second-order valence-electron chi connectivity index (χ2n) is 4.77. The van der Waals surface area contributed by atoms with Gasteiger partial charge in [0.2, 0.25) is 0 Å². The summed E-state index contributed by atoms with van der Waals surface area (Å²) in [5.41, 5.74) is 3.27. The van der Waals surface area contributed by atoms with Gasteiger partial charge in [-0.15, -0.1) is 0 Å². The molecular formula is C14H21N3O2. The van der Waals surface area contributed by atoms with E-state index in [0.29, 0.717) is 6.42 Å². The Balaban J connectivity index is 1.90. The second-order valence-corrected chi connectivity index (χ2v) is 4.77. The molecule has 0 radical (unpaired) electrons. The number of aliphatic hydroxyl groups excluding tert-OH is 2. The van der Waals surface area contributed by atoms with Crippen molar-refractivity contribution in [3.8, 4) is 0 Å². The number of hydrogen-bond acceptors (Lipinski definition) is 4. The Labute approximate surface area is 112 Å².